The molecule has 430 valence electrons. The number of nitrogens with zero attached hydrogens (tertiary/aromatic N) is 9. The number of imidazole rings is 2. The van der Waals surface area contributed by atoms with Gasteiger partial charge in [0, 0.05) is 39.7 Å². The maximum Gasteiger partial charge on any atom is 0.490 e. The first-order chi connectivity index (χ1) is 36.4. The average Bonchev–Trinajstić information content (AvgIpc) is 4.13. The van der Waals surface area contributed by atoms with Crippen LogP contribution in [0.2, 0.25) is 0 Å². The third-order valence-electron chi connectivity index (χ3n) is 12.1. The summed E-state index contributed by atoms with van der Waals surface area (Å²) in [7, 11) is -18.4. The molecule has 0 bridgehead atoms. The molecule has 5 aromatic heterocycles. The van der Waals surface area contributed by atoms with Crippen molar-refractivity contribution in [2.45, 2.75) is 73.9 Å². The van der Waals surface area contributed by atoms with Crippen LogP contribution in [0.3, 0.4) is 0 Å². The van der Waals surface area contributed by atoms with Crippen LogP contribution >= 0.6 is 31.3 Å². The fourth-order valence-electron chi connectivity index (χ4n) is 8.58. The van der Waals surface area contributed by atoms with Crippen LogP contribution in [0, 0.1) is 5.92 Å². The van der Waals surface area contributed by atoms with Gasteiger partial charge in [0.05, 0.1) is 39.3 Å². The molecule has 0 spiro atoms. The molecule has 16 atom stereocenters. The number of methoxy groups -OCH3 is 1. The quantitative estimate of drug-likeness (QED) is 0.0243. The molecule has 43 heteroatoms. The molecular formula is C35H51N14O25P4+. The Labute approximate surface area is 434 Å². The summed E-state index contributed by atoms with van der Waals surface area (Å²) in [6.45, 7) is -3.43. The van der Waals surface area contributed by atoms with E-state index < -0.39 is 154 Å². The Morgan fingerprint density at radius 3 is 2.01 bits per heavy atom. The molecule has 3 fully saturated rings. The lowest BCUT2D eigenvalue weighted by molar-refractivity contribution is -0.745. The highest BCUT2D eigenvalue weighted by Crippen LogP contribution is 2.68. The number of nitrogen functional groups attached to an aromatic ring is 3. The summed E-state index contributed by atoms with van der Waals surface area (Å²) in [6.07, 6.45) is -15.7. The van der Waals surface area contributed by atoms with E-state index in [1.165, 1.54) is 36.6 Å². The van der Waals surface area contributed by atoms with Crippen molar-refractivity contribution in [3.05, 3.63) is 56.1 Å². The summed E-state index contributed by atoms with van der Waals surface area (Å²) < 4.78 is 109. The summed E-state index contributed by atoms with van der Waals surface area (Å²) in [5, 5.41) is 33.1. The van der Waals surface area contributed by atoms with Crippen molar-refractivity contribution in [2.75, 3.05) is 58.2 Å². The number of aryl methyl sites for hydroxylation is 1. The van der Waals surface area contributed by atoms with Crippen LogP contribution in [0.15, 0.2) is 39.3 Å². The molecule has 3 saturated heterocycles. The zero-order chi connectivity index (χ0) is 57.1. The number of nitrogens with one attached hydrogen (secondary N) is 2. The van der Waals surface area contributed by atoms with Crippen LogP contribution in [0.4, 0.5) is 17.7 Å². The normalized spacial score (nSPS) is 29.6. The molecule has 39 nitrogen and oxygen atoms in total. The van der Waals surface area contributed by atoms with Gasteiger partial charge in [-0.25, -0.2) is 32.6 Å². The lowest BCUT2D eigenvalue weighted by Gasteiger charge is -2.26. The van der Waals surface area contributed by atoms with Crippen LogP contribution in [0.1, 0.15) is 25.1 Å². The van der Waals surface area contributed by atoms with E-state index in [4.69, 9.17) is 54.2 Å². The number of hydrogen-bond acceptors (Lipinski definition) is 28. The van der Waals surface area contributed by atoms with Crippen molar-refractivity contribution in [1.29, 1.82) is 0 Å². The molecule has 4 unspecified atom stereocenters. The number of fused-ring (bicyclic) bond motifs is 2. The fraction of sp³-hybridized carbons (Fsp3) is 0.571. The molecule has 8 rings (SSSR count). The second-order valence-electron chi connectivity index (χ2n) is 17.6. The maximum atomic E-state index is 13.6. The van der Waals surface area contributed by atoms with E-state index in [0.29, 0.717) is 0 Å². The number of phosphoric acid groups is 4. The summed E-state index contributed by atoms with van der Waals surface area (Å²) in [5.41, 5.74) is 14.0. The molecule has 1 amide bonds. The van der Waals surface area contributed by atoms with Crippen LogP contribution < -0.4 is 38.6 Å². The molecule has 3 aliphatic heterocycles. The predicted molar refractivity (Wildman–Crippen MR) is 253 cm³/mol. The molecule has 78 heavy (non-hydrogen) atoms. The number of aliphatic hydroxyl groups excluding tert-OH is 3. The number of aliphatic hydroxyl groups is 3. The van der Waals surface area contributed by atoms with Gasteiger partial charge in [0.15, 0.2) is 29.9 Å². The van der Waals surface area contributed by atoms with Gasteiger partial charge in [-0.3, -0.25) is 56.1 Å². The van der Waals surface area contributed by atoms with E-state index >= 15 is 0 Å². The van der Waals surface area contributed by atoms with Gasteiger partial charge in [0.1, 0.15) is 48.5 Å². The van der Waals surface area contributed by atoms with Crippen molar-refractivity contribution in [1.82, 2.24) is 48.5 Å². The standard InChI is InChI=1S/C35H50N14O25P4/c1-45(2)18(50)7-13-14(69-30(21(13)51)49-12-46(3)20-27(49)42-34(38)44-29(20)55)8-67-76(59,60)73-78(63,64)74-77(61,62)68-10-16-24(25(65-4)32(71-16)47-6-5-17(36)40-35(47)56)72-75(57,58)66-9-15-22(52)23(53)31(70-15)48-11-39-19-26(48)41-33(37)43-28(19)54/h5-6,11-16,21-25,30-32,51-53H,7-10H2,1-4H3,(H11-,36,37,38,40,41,42,43,44,54,55,56,57,58,59,60,61,62,63,64)/p+1/t13-,14-,15-,16-,21-,22-,23-,24-,25-,30-,31-,32-/m1/s1. The van der Waals surface area contributed by atoms with E-state index in [1.807, 2.05) is 0 Å². The number of anilines is 3. The number of nitrogens with two attached hydrogens (primary N) is 3. The molecule has 0 aromatic carbocycles. The smallest absolute Gasteiger partial charge is 0.387 e. The molecule has 15 N–H and O–H groups in total. The Morgan fingerprint density at radius 1 is 0.769 bits per heavy atom. The zero-order valence-corrected chi connectivity index (χ0v) is 44.2. The highest BCUT2D eigenvalue weighted by molar-refractivity contribution is 7.66. The minimum Gasteiger partial charge on any atom is -0.387 e. The van der Waals surface area contributed by atoms with Crippen molar-refractivity contribution in [2.24, 2.45) is 13.0 Å². The van der Waals surface area contributed by atoms with Crippen LogP contribution in [-0.2, 0) is 75.8 Å². The van der Waals surface area contributed by atoms with E-state index in [1.54, 1.807) is 0 Å². The number of hydrogen-bond donors (Lipinski definition) is 12. The second kappa shape index (κ2) is 22.3. The minimum absolute atomic E-state index is 0.0155. The number of phosphoric ester groups is 3. The fourth-order valence-corrected chi connectivity index (χ4v) is 13.1. The lowest BCUT2D eigenvalue weighted by atomic mass is 9.94. The van der Waals surface area contributed by atoms with Gasteiger partial charge < -0.3 is 75.9 Å². The Hall–Kier alpha value is -5.31. The number of aromatic nitrogens is 10. The monoisotopic (exact) mass is 1190 g/mol. The Balaban J connectivity index is 0.937. The zero-order valence-electron chi connectivity index (χ0n) is 40.6. The van der Waals surface area contributed by atoms with Crippen molar-refractivity contribution in [3.8, 4) is 0 Å². The van der Waals surface area contributed by atoms with Gasteiger partial charge >= 0.3 is 42.6 Å². The number of aromatic amines is 2. The summed E-state index contributed by atoms with van der Waals surface area (Å²) in [5.74, 6) is -2.70. The van der Waals surface area contributed by atoms with Crippen LogP contribution in [0.5, 0.6) is 0 Å². The number of carbonyl (C=O) groups excluding carboxylic acids is 1. The van der Waals surface area contributed by atoms with Crippen molar-refractivity contribution >= 4 is 77.2 Å². The van der Waals surface area contributed by atoms with Gasteiger partial charge in [-0.15, -0.1) is 0 Å². The minimum atomic E-state index is -6.25. The summed E-state index contributed by atoms with van der Waals surface area (Å²) in [6, 6.07) is 1.13. The first-order valence-electron chi connectivity index (χ1n) is 22.3. The number of ether oxygens (including phenoxy) is 4. The van der Waals surface area contributed by atoms with Gasteiger partial charge in [-0.1, -0.05) is 4.98 Å². The van der Waals surface area contributed by atoms with Crippen molar-refractivity contribution in [3.63, 3.8) is 0 Å². The molecule has 3 aliphatic rings. The van der Waals surface area contributed by atoms with E-state index in [9.17, 15) is 72.3 Å². The third kappa shape index (κ3) is 12.5. The van der Waals surface area contributed by atoms with Gasteiger partial charge in [0.2, 0.25) is 23.6 Å². The Bertz CT molecular complexity index is 3470. The van der Waals surface area contributed by atoms with Crippen LogP contribution in [0.25, 0.3) is 22.3 Å². The van der Waals surface area contributed by atoms with E-state index in [0.717, 1.165) is 39.7 Å². The maximum absolute atomic E-state index is 13.6. The van der Waals surface area contributed by atoms with E-state index in [-0.39, 0.29) is 40.0 Å². The van der Waals surface area contributed by atoms with Crippen LogP contribution in [-0.4, -0.2) is 179 Å². The molecule has 0 saturated carbocycles. The first kappa shape index (κ1) is 58.8. The highest BCUT2D eigenvalue weighted by Gasteiger charge is 2.54. The number of carbonyl (C=O) groups is 1. The molecule has 5 aromatic rings. The van der Waals surface area contributed by atoms with Gasteiger partial charge in [-0.2, -0.15) is 18.6 Å². The molecule has 8 heterocycles. The van der Waals surface area contributed by atoms with Gasteiger partial charge in [-0.05, 0) is 6.07 Å². The lowest BCUT2D eigenvalue weighted by Crippen LogP contribution is -2.45. The number of amides is 1. The molecule has 0 radical (unpaired) electrons. The SMILES string of the molecule is CO[C@@H]1[C@H](OP(=O)(O)OC[C@H]2O[C@@H](n3cnc4c(=O)[nH]c(N)nc43)[C@H](O)[C@@H]2O)[C@@H](COP(=O)(O)OP(=O)(O)OP(=O)(O)OC[C@H]2O[C@@H]([n+]3cn(C)c4c(=O)[nH]c(N)nc43)[C@H](O)[C@@H]2CC(=O)N(C)C)O[C@H]1n1ccc(N)nc1=O. The molecule has 0 aliphatic carbocycles. The number of rotatable bonds is 21. The summed E-state index contributed by atoms with van der Waals surface area (Å²) >= 11 is 0. The largest absolute Gasteiger partial charge is 0.490 e. The number of H-pyrrole nitrogens is 2. The average molecular weight is 1190 g/mol. The predicted octanol–water partition coefficient (Wildman–Crippen LogP) is -4.56. The molecular weight excluding hydrogens is 1140 g/mol. The third-order valence-corrected chi connectivity index (χ3v) is 17.4. The van der Waals surface area contributed by atoms with Crippen molar-refractivity contribution < 1.29 is 108 Å². The topological polar surface area (TPSA) is 554 Å². The first-order valence-corrected chi connectivity index (χ1v) is 28.3. The Morgan fingerprint density at radius 2 is 1.37 bits per heavy atom. The Kier molecular flexibility index (Phi) is 16.8. The highest BCUT2D eigenvalue weighted by atomic mass is 31.3. The second-order valence-corrected chi connectivity index (χ2v) is 23.6. The van der Waals surface area contributed by atoms with E-state index in [2.05, 4.69) is 38.5 Å². The summed E-state index contributed by atoms with van der Waals surface area (Å²) in [4.78, 5) is 115. The van der Waals surface area contributed by atoms with Gasteiger partial charge in [0.25, 0.3) is 17.1 Å².